The molecule has 0 aliphatic carbocycles. The van der Waals surface area contributed by atoms with E-state index in [2.05, 4.69) is 5.32 Å². The number of piperazine rings is 1. The van der Waals surface area contributed by atoms with Crippen molar-refractivity contribution in [3.8, 4) is 0 Å². The summed E-state index contributed by atoms with van der Waals surface area (Å²) in [5, 5.41) is 2.20. The zero-order valence-corrected chi connectivity index (χ0v) is 12.5. The highest BCUT2D eigenvalue weighted by Crippen LogP contribution is 2.18. The van der Waals surface area contributed by atoms with Crippen LogP contribution in [0.1, 0.15) is 20.8 Å². The highest BCUT2D eigenvalue weighted by atomic mass is 32.2. The van der Waals surface area contributed by atoms with E-state index >= 15 is 0 Å². The molecule has 3 atom stereocenters. The summed E-state index contributed by atoms with van der Waals surface area (Å²) in [6.07, 6.45) is 0. The van der Waals surface area contributed by atoms with Gasteiger partial charge in [0.25, 0.3) is 0 Å². The molecule has 0 bridgehead atoms. The Morgan fingerprint density at radius 1 is 1.39 bits per heavy atom. The average Bonchev–Trinajstić information content (AvgIpc) is 2.30. The molecule has 0 aromatic heterocycles. The van der Waals surface area contributed by atoms with Crippen LogP contribution in [0.25, 0.3) is 0 Å². The second-order valence-corrected chi connectivity index (χ2v) is 7.22. The molecule has 1 heterocycles. The number of hydrogen-bond acceptors (Lipinski definition) is 4. The second-order valence-electron chi connectivity index (χ2n) is 5.01. The highest BCUT2D eigenvalue weighted by molar-refractivity contribution is 7.90. The van der Waals surface area contributed by atoms with E-state index in [-0.39, 0.29) is 18.0 Å². The van der Waals surface area contributed by atoms with Gasteiger partial charge in [0.1, 0.15) is 0 Å². The van der Waals surface area contributed by atoms with Gasteiger partial charge < -0.3 is 10.2 Å². The maximum atomic E-state index is 12.4. The van der Waals surface area contributed by atoms with Gasteiger partial charge in [0.2, 0.25) is 15.9 Å². The van der Waals surface area contributed by atoms with Crippen LogP contribution in [-0.2, 0) is 14.8 Å². The Kier molecular flexibility index (Phi) is 4.74. The summed E-state index contributed by atoms with van der Waals surface area (Å²) >= 11 is 0. The van der Waals surface area contributed by atoms with Gasteiger partial charge in [0, 0.05) is 39.3 Å². The van der Waals surface area contributed by atoms with Gasteiger partial charge in [-0.25, -0.2) is 8.42 Å². The van der Waals surface area contributed by atoms with Crippen LogP contribution in [0.5, 0.6) is 0 Å². The van der Waals surface area contributed by atoms with Crippen molar-refractivity contribution < 1.29 is 13.2 Å². The Labute approximate surface area is 109 Å². The lowest BCUT2D eigenvalue weighted by Gasteiger charge is -2.38. The van der Waals surface area contributed by atoms with Gasteiger partial charge in [-0.05, 0) is 20.8 Å². The van der Waals surface area contributed by atoms with Crippen LogP contribution in [-0.4, -0.2) is 68.0 Å². The molecule has 1 amide bonds. The summed E-state index contributed by atoms with van der Waals surface area (Å²) in [6, 6.07) is -0.0451. The number of nitrogens with one attached hydrogen (secondary N) is 1. The molecule has 1 saturated heterocycles. The molecule has 6 nitrogen and oxygen atoms in total. The van der Waals surface area contributed by atoms with E-state index in [1.165, 1.54) is 16.1 Å². The molecular weight excluding hydrogens is 254 g/mol. The van der Waals surface area contributed by atoms with E-state index in [1.54, 1.807) is 14.1 Å². The normalized spacial score (nSPS) is 27.8. The molecule has 7 heteroatoms. The average molecular weight is 277 g/mol. The third-order valence-corrected chi connectivity index (χ3v) is 5.80. The van der Waals surface area contributed by atoms with E-state index in [0.29, 0.717) is 13.1 Å². The molecule has 0 aromatic rings. The molecular formula is C11H23N3O3S. The Bertz CT molecular complexity index is 408. The quantitative estimate of drug-likeness (QED) is 0.753. The molecule has 0 saturated carbocycles. The van der Waals surface area contributed by atoms with E-state index in [4.69, 9.17) is 0 Å². The fourth-order valence-electron chi connectivity index (χ4n) is 2.08. The van der Waals surface area contributed by atoms with Gasteiger partial charge in [-0.1, -0.05) is 0 Å². The van der Waals surface area contributed by atoms with Crippen molar-refractivity contribution in [1.82, 2.24) is 14.5 Å². The number of amides is 1. The SMILES string of the molecule is CC1NCCN(S(=O)(=O)C(C)C(=O)N(C)C)C1C. The topological polar surface area (TPSA) is 69.7 Å². The lowest BCUT2D eigenvalue weighted by Crippen LogP contribution is -2.59. The van der Waals surface area contributed by atoms with Crippen LogP contribution in [0.3, 0.4) is 0 Å². The molecule has 106 valence electrons. The van der Waals surface area contributed by atoms with Crippen molar-refractivity contribution in [2.45, 2.75) is 38.1 Å². The zero-order chi connectivity index (χ0) is 14.1. The van der Waals surface area contributed by atoms with Crippen LogP contribution >= 0.6 is 0 Å². The minimum Gasteiger partial charge on any atom is -0.348 e. The van der Waals surface area contributed by atoms with Gasteiger partial charge in [0.05, 0.1) is 0 Å². The molecule has 1 aliphatic rings. The summed E-state index contributed by atoms with van der Waals surface area (Å²) in [5.41, 5.74) is 0. The van der Waals surface area contributed by atoms with E-state index in [0.717, 1.165) is 0 Å². The lowest BCUT2D eigenvalue weighted by molar-refractivity contribution is -0.128. The van der Waals surface area contributed by atoms with Crippen LogP contribution < -0.4 is 5.32 Å². The van der Waals surface area contributed by atoms with Gasteiger partial charge in [-0.3, -0.25) is 4.79 Å². The van der Waals surface area contributed by atoms with Crippen molar-refractivity contribution in [3.05, 3.63) is 0 Å². The molecule has 1 N–H and O–H groups in total. The number of sulfonamides is 1. The molecule has 0 spiro atoms. The van der Waals surface area contributed by atoms with Crippen LogP contribution in [0, 0.1) is 0 Å². The number of hydrogen-bond donors (Lipinski definition) is 1. The number of carbonyl (C=O) groups is 1. The third kappa shape index (κ3) is 2.84. The van der Waals surface area contributed by atoms with E-state index in [1.807, 2.05) is 13.8 Å². The monoisotopic (exact) mass is 277 g/mol. The molecule has 0 radical (unpaired) electrons. The molecule has 1 rings (SSSR count). The number of nitrogens with zero attached hydrogens (tertiary/aromatic N) is 2. The summed E-state index contributed by atoms with van der Waals surface area (Å²) in [4.78, 5) is 13.1. The fourth-order valence-corrected chi connectivity index (χ4v) is 3.94. The summed E-state index contributed by atoms with van der Waals surface area (Å²) in [7, 11) is -0.451. The molecule has 3 unspecified atom stereocenters. The maximum Gasteiger partial charge on any atom is 0.241 e. The smallest absolute Gasteiger partial charge is 0.241 e. The Balaban J connectivity index is 2.95. The zero-order valence-electron chi connectivity index (χ0n) is 11.7. The first kappa shape index (κ1) is 15.4. The predicted molar refractivity (Wildman–Crippen MR) is 70.7 cm³/mol. The molecule has 1 aliphatic heterocycles. The standard InChI is InChI=1S/C11H23N3O3S/c1-8-9(2)14(7-6-12-8)18(16,17)10(3)11(15)13(4)5/h8-10,12H,6-7H2,1-5H3. The van der Waals surface area contributed by atoms with Crippen LogP contribution in [0.15, 0.2) is 0 Å². The van der Waals surface area contributed by atoms with Gasteiger partial charge in [-0.2, -0.15) is 4.31 Å². The second kappa shape index (κ2) is 5.54. The van der Waals surface area contributed by atoms with E-state index < -0.39 is 15.3 Å². The van der Waals surface area contributed by atoms with E-state index in [9.17, 15) is 13.2 Å². The Morgan fingerprint density at radius 3 is 2.44 bits per heavy atom. The Hall–Kier alpha value is -0.660. The van der Waals surface area contributed by atoms with Gasteiger partial charge in [0.15, 0.2) is 5.25 Å². The fraction of sp³-hybridized carbons (Fsp3) is 0.909. The van der Waals surface area contributed by atoms with Crippen molar-refractivity contribution in [2.75, 3.05) is 27.2 Å². The number of carbonyl (C=O) groups excluding carboxylic acids is 1. The first-order valence-electron chi connectivity index (χ1n) is 6.14. The lowest BCUT2D eigenvalue weighted by atomic mass is 10.1. The predicted octanol–water partition coefficient (Wildman–Crippen LogP) is -0.525. The molecule has 0 aromatic carbocycles. The molecule has 18 heavy (non-hydrogen) atoms. The third-order valence-electron chi connectivity index (χ3n) is 3.54. The van der Waals surface area contributed by atoms with Crippen molar-refractivity contribution in [1.29, 1.82) is 0 Å². The first-order chi connectivity index (χ1) is 8.19. The van der Waals surface area contributed by atoms with Crippen LogP contribution in [0.4, 0.5) is 0 Å². The summed E-state index contributed by atoms with van der Waals surface area (Å²) < 4.78 is 26.3. The summed E-state index contributed by atoms with van der Waals surface area (Å²) in [5.74, 6) is -0.381. The van der Waals surface area contributed by atoms with Crippen LogP contribution in [0.2, 0.25) is 0 Å². The maximum absolute atomic E-state index is 12.4. The Morgan fingerprint density at radius 2 is 1.94 bits per heavy atom. The van der Waals surface area contributed by atoms with Gasteiger partial charge in [-0.15, -0.1) is 0 Å². The largest absolute Gasteiger partial charge is 0.348 e. The first-order valence-corrected chi connectivity index (χ1v) is 7.65. The highest BCUT2D eigenvalue weighted by Gasteiger charge is 2.39. The minimum atomic E-state index is -3.59. The van der Waals surface area contributed by atoms with Crippen molar-refractivity contribution >= 4 is 15.9 Å². The summed E-state index contributed by atoms with van der Waals surface area (Å²) in [6.45, 7) is 6.30. The van der Waals surface area contributed by atoms with Gasteiger partial charge >= 0.3 is 0 Å². The number of rotatable bonds is 3. The van der Waals surface area contributed by atoms with Crippen molar-refractivity contribution in [2.24, 2.45) is 0 Å². The minimum absolute atomic E-state index is 0.0928. The molecule has 1 fully saturated rings. The van der Waals surface area contributed by atoms with Crippen molar-refractivity contribution in [3.63, 3.8) is 0 Å².